The monoisotopic (exact) mass is 489 g/mol. The number of pyridine rings is 1. The summed E-state index contributed by atoms with van der Waals surface area (Å²) in [6, 6.07) is 22.4. The van der Waals surface area contributed by atoms with E-state index in [4.69, 9.17) is 9.40 Å². The van der Waals surface area contributed by atoms with E-state index in [1.807, 2.05) is 6.20 Å². The molecule has 2 aromatic heterocycles. The molecule has 1 aliphatic rings. The molecule has 2 nitrogen and oxygen atoms in total. The fraction of sp³-hybridized carbons (Fsp3) is 0.303. The van der Waals surface area contributed by atoms with E-state index in [0.717, 1.165) is 29.0 Å². The quantitative estimate of drug-likeness (QED) is 0.240. The molecular formula is C33H35NOSi. The summed E-state index contributed by atoms with van der Waals surface area (Å²) in [5.74, 6) is 1.69. The highest BCUT2D eigenvalue weighted by atomic mass is 28.3. The van der Waals surface area contributed by atoms with Crippen molar-refractivity contribution in [3.8, 4) is 22.6 Å². The molecule has 36 heavy (non-hydrogen) atoms. The van der Waals surface area contributed by atoms with Gasteiger partial charge in [-0.1, -0.05) is 90.2 Å². The first-order valence-corrected chi connectivity index (χ1v) is 16.2. The smallest absolute Gasteiger partial charge is 0.160 e. The third-order valence-electron chi connectivity index (χ3n) is 7.85. The van der Waals surface area contributed by atoms with Gasteiger partial charge in [0.15, 0.2) is 5.58 Å². The van der Waals surface area contributed by atoms with Crippen LogP contribution in [-0.4, -0.2) is 13.1 Å². The molecule has 3 heterocycles. The fourth-order valence-corrected chi connectivity index (χ4v) is 9.52. The standard InChI is InChI=1S/C33H35NOSi/c1-20(2)17-22-12-10-14-27-28(22)31-32(36(27,6)7)25-15-16-34-29(30(25)35-31)23-18-21-11-8-9-13-24(21)26(19-23)33(3,4)5/h8-16,18-20H,17H2,1-7H3. The predicted octanol–water partition coefficient (Wildman–Crippen LogP) is 7.95. The Balaban J connectivity index is 1.64. The summed E-state index contributed by atoms with van der Waals surface area (Å²) in [5.41, 5.74) is 7.15. The first kappa shape index (κ1) is 23.2. The molecule has 1 aliphatic heterocycles. The molecular weight excluding hydrogens is 454 g/mol. The topological polar surface area (TPSA) is 26.0 Å². The van der Waals surface area contributed by atoms with Crippen molar-refractivity contribution in [1.29, 1.82) is 0 Å². The van der Waals surface area contributed by atoms with Crippen molar-refractivity contribution in [2.45, 2.75) is 59.5 Å². The zero-order valence-electron chi connectivity index (χ0n) is 22.5. The lowest BCUT2D eigenvalue weighted by Gasteiger charge is -2.23. The van der Waals surface area contributed by atoms with Crippen molar-refractivity contribution < 1.29 is 4.42 Å². The number of furan rings is 1. The van der Waals surface area contributed by atoms with Gasteiger partial charge < -0.3 is 4.42 Å². The summed E-state index contributed by atoms with van der Waals surface area (Å²) in [4.78, 5) is 4.92. The van der Waals surface area contributed by atoms with E-state index >= 15 is 0 Å². The molecule has 0 fully saturated rings. The maximum Gasteiger partial charge on any atom is 0.160 e. The van der Waals surface area contributed by atoms with Gasteiger partial charge in [0.1, 0.15) is 19.5 Å². The van der Waals surface area contributed by atoms with Crippen molar-refractivity contribution in [3.05, 3.63) is 78.0 Å². The Morgan fingerprint density at radius 2 is 1.69 bits per heavy atom. The van der Waals surface area contributed by atoms with Gasteiger partial charge in [0.25, 0.3) is 0 Å². The molecule has 0 saturated carbocycles. The lowest BCUT2D eigenvalue weighted by Crippen LogP contribution is -2.49. The Hall–Kier alpha value is -3.17. The van der Waals surface area contributed by atoms with Crippen molar-refractivity contribution in [1.82, 2.24) is 4.98 Å². The zero-order valence-corrected chi connectivity index (χ0v) is 23.5. The first-order valence-electron chi connectivity index (χ1n) is 13.2. The molecule has 0 N–H and O–H groups in total. The van der Waals surface area contributed by atoms with Gasteiger partial charge >= 0.3 is 0 Å². The van der Waals surface area contributed by atoms with Crippen LogP contribution in [0.15, 0.2) is 71.3 Å². The second-order valence-electron chi connectivity index (χ2n) is 12.4. The minimum atomic E-state index is -1.91. The van der Waals surface area contributed by atoms with Crippen LogP contribution in [0.3, 0.4) is 0 Å². The van der Waals surface area contributed by atoms with E-state index in [1.165, 1.54) is 43.2 Å². The molecule has 0 atom stereocenters. The van der Waals surface area contributed by atoms with Crippen LogP contribution in [0.25, 0.3) is 44.3 Å². The van der Waals surface area contributed by atoms with Crippen LogP contribution in [-0.2, 0) is 11.8 Å². The second-order valence-corrected chi connectivity index (χ2v) is 16.7. The molecule has 3 aromatic carbocycles. The van der Waals surface area contributed by atoms with Crippen LogP contribution in [0.2, 0.25) is 13.1 Å². The van der Waals surface area contributed by atoms with Gasteiger partial charge in [-0.05, 0) is 68.2 Å². The molecule has 5 aromatic rings. The molecule has 0 saturated heterocycles. The highest BCUT2D eigenvalue weighted by Gasteiger charge is 2.43. The van der Waals surface area contributed by atoms with E-state index in [2.05, 4.69) is 108 Å². The minimum absolute atomic E-state index is 0.0218. The molecule has 0 aliphatic carbocycles. The first-order chi connectivity index (χ1) is 17.1. The largest absolute Gasteiger partial charge is 0.454 e. The fourth-order valence-electron chi connectivity index (χ4n) is 6.23. The molecule has 0 bridgehead atoms. The number of nitrogens with zero attached hydrogens (tertiary/aromatic N) is 1. The number of aromatic nitrogens is 1. The SMILES string of the molecule is CC(C)Cc1cccc2c1-c1oc3c(-c4cc(C(C)(C)C)c5ccccc5c4)nccc3c1[Si]2(C)C. The lowest BCUT2D eigenvalue weighted by molar-refractivity contribution is 0.596. The molecule has 0 radical (unpaired) electrons. The molecule has 182 valence electrons. The van der Waals surface area contributed by atoms with Crippen LogP contribution >= 0.6 is 0 Å². The van der Waals surface area contributed by atoms with Gasteiger partial charge in [-0.15, -0.1) is 0 Å². The second kappa shape index (κ2) is 7.91. The van der Waals surface area contributed by atoms with Gasteiger partial charge in [0.2, 0.25) is 0 Å². The molecule has 6 rings (SSSR count). The van der Waals surface area contributed by atoms with E-state index < -0.39 is 8.07 Å². The Bertz CT molecular complexity index is 1650. The number of hydrogen-bond donors (Lipinski definition) is 0. The van der Waals surface area contributed by atoms with Crippen LogP contribution in [0.1, 0.15) is 45.7 Å². The maximum atomic E-state index is 6.89. The Morgan fingerprint density at radius 1 is 0.917 bits per heavy atom. The van der Waals surface area contributed by atoms with Crippen molar-refractivity contribution in [2.75, 3.05) is 0 Å². The molecule has 0 unspecified atom stereocenters. The van der Waals surface area contributed by atoms with E-state index in [9.17, 15) is 0 Å². The average Bonchev–Trinajstić information content (AvgIpc) is 3.31. The van der Waals surface area contributed by atoms with Crippen molar-refractivity contribution in [2.24, 2.45) is 5.92 Å². The average molecular weight is 490 g/mol. The normalized spacial score (nSPS) is 14.6. The summed E-state index contributed by atoms with van der Waals surface area (Å²) < 4.78 is 6.89. The molecule has 0 amide bonds. The van der Waals surface area contributed by atoms with Crippen LogP contribution in [0.5, 0.6) is 0 Å². The molecule has 3 heteroatoms. The minimum Gasteiger partial charge on any atom is -0.454 e. The number of benzene rings is 3. The summed E-state index contributed by atoms with van der Waals surface area (Å²) in [7, 11) is -1.91. The lowest BCUT2D eigenvalue weighted by atomic mass is 9.82. The van der Waals surface area contributed by atoms with Gasteiger partial charge in [0.05, 0.1) is 0 Å². The number of hydrogen-bond acceptors (Lipinski definition) is 2. The highest BCUT2D eigenvalue weighted by Crippen LogP contribution is 2.41. The summed E-state index contributed by atoms with van der Waals surface area (Å²) in [5, 5.41) is 6.74. The number of fused-ring (bicyclic) bond motifs is 6. The Kier molecular flexibility index (Phi) is 5.11. The van der Waals surface area contributed by atoms with Gasteiger partial charge in [-0.25, -0.2) is 0 Å². The third kappa shape index (κ3) is 3.40. The van der Waals surface area contributed by atoms with Gasteiger partial charge in [-0.2, -0.15) is 0 Å². The number of rotatable bonds is 3. The van der Waals surface area contributed by atoms with Gasteiger partial charge in [0, 0.05) is 22.7 Å². The van der Waals surface area contributed by atoms with Crippen LogP contribution in [0, 0.1) is 5.92 Å². The van der Waals surface area contributed by atoms with E-state index in [-0.39, 0.29) is 5.41 Å². The predicted molar refractivity (Wildman–Crippen MR) is 156 cm³/mol. The van der Waals surface area contributed by atoms with Crippen molar-refractivity contribution >= 4 is 40.2 Å². The summed E-state index contributed by atoms with van der Waals surface area (Å²) in [6.45, 7) is 16.4. The third-order valence-corrected chi connectivity index (χ3v) is 11.4. The van der Waals surface area contributed by atoms with Gasteiger partial charge in [-0.3, -0.25) is 4.98 Å². The van der Waals surface area contributed by atoms with Crippen LogP contribution in [0.4, 0.5) is 0 Å². The van der Waals surface area contributed by atoms with Crippen molar-refractivity contribution in [3.63, 3.8) is 0 Å². The Morgan fingerprint density at radius 3 is 2.44 bits per heavy atom. The summed E-state index contributed by atoms with van der Waals surface area (Å²) >= 11 is 0. The Labute approximate surface area is 215 Å². The zero-order chi connectivity index (χ0) is 25.4. The molecule has 0 spiro atoms. The highest BCUT2D eigenvalue weighted by molar-refractivity contribution is 7.05. The van der Waals surface area contributed by atoms with Crippen LogP contribution < -0.4 is 10.4 Å². The van der Waals surface area contributed by atoms with E-state index in [1.54, 1.807) is 0 Å². The maximum absolute atomic E-state index is 6.89. The van der Waals surface area contributed by atoms with E-state index in [0.29, 0.717) is 5.92 Å². The summed E-state index contributed by atoms with van der Waals surface area (Å²) in [6.07, 6.45) is 3.04.